The van der Waals surface area contributed by atoms with Gasteiger partial charge in [0.1, 0.15) is 5.82 Å². The molecule has 0 unspecified atom stereocenters. The molecule has 2 aromatic carbocycles. The molecule has 0 aliphatic heterocycles. The first-order valence-electron chi connectivity index (χ1n) is 6.87. The zero-order valence-electron chi connectivity index (χ0n) is 12.4. The lowest BCUT2D eigenvalue weighted by molar-refractivity contribution is -0.142. The van der Waals surface area contributed by atoms with Gasteiger partial charge in [-0.05, 0) is 35.9 Å². The van der Waals surface area contributed by atoms with Gasteiger partial charge in [-0.25, -0.2) is 9.18 Å². The van der Waals surface area contributed by atoms with E-state index in [0.29, 0.717) is 5.56 Å². The highest BCUT2D eigenvalue weighted by molar-refractivity contribution is 5.94. The molecule has 0 fully saturated rings. The molecule has 0 aliphatic carbocycles. The number of carbonyl (C=O) groups is 2. The van der Waals surface area contributed by atoms with Gasteiger partial charge in [0.15, 0.2) is 18.1 Å². The predicted octanol–water partition coefficient (Wildman–Crippen LogP) is 2.43. The summed E-state index contributed by atoms with van der Waals surface area (Å²) < 4.78 is 18.1. The number of benzene rings is 2. The van der Waals surface area contributed by atoms with E-state index in [1.165, 1.54) is 42.5 Å². The highest BCUT2D eigenvalue weighted by Crippen LogP contribution is 2.25. The number of para-hydroxylation sites is 1. The highest BCUT2D eigenvalue weighted by Gasteiger charge is 2.08. The Morgan fingerprint density at radius 1 is 1.12 bits per heavy atom. The minimum absolute atomic E-state index is 0.00587. The number of hydrogen-bond donors (Lipinski definition) is 3. The minimum atomic E-state index is -0.786. The molecule has 0 bridgehead atoms. The van der Waals surface area contributed by atoms with Gasteiger partial charge >= 0.3 is 5.97 Å². The van der Waals surface area contributed by atoms with Gasteiger partial charge in [-0.1, -0.05) is 18.2 Å². The van der Waals surface area contributed by atoms with Crippen LogP contribution in [0.2, 0.25) is 0 Å². The fourth-order valence-corrected chi connectivity index (χ4v) is 1.74. The van der Waals surface area contributed by atoms with Crippen LogP contribution in [0.4, 0.5) is 10.1 Å². The monoisotopic (exact) mass is 331 g/mol. The molecule has 7 heteroatoms. The van der Waals surface area contributed by atoms with E-state index in [4.69, 9.17) is 4.74 Å². The van der Waals surface area contributed by atoms with Crippen molar-refractivity contribution >= 4 is 23.6 Å². The molecule has 0 radical (unpaired) electrons. The van der Waals surface area contributed by atoms with Gasteiger partial charge in [0.05, 0.1) is 5.69 Å². The number of anilines is 1. The molecule has 124 valence electrons. The molecule has 1 amide bonds. The van der Waals surface area contributed by atoms with Crippen LogP contribution in [0.15, 0.2) is 48.5 Å². The van der Waals surface area contributed by atoms with E-state index >= 15 is 0 Å². The van der Waals surface area contributed by atoms with Gasteiger partial charge in [-0.3, -0.25) is 4.79 Å². The lowest BCUT2D eigenvalue weighted by Crippen LogP contribution is -2.20. The maximum absolute atomic E-state index is 13.3. The summed E-state index contributed by atoms with van der Waals surface area (Å²) in [5.74, 6) is -2.66. The van der Waals surface area contributed by atoms with E-state index in [1.54, 1.807) is 6.07 Å². The molecule has 24 heavy (non-hydrogen) atoms. The molecule has 2 rings (SSSR count). The normalized spacial score (nSPS) is 10.5. The van der Waals surface area contributed by atoms with Crippen molar-refractivity contribution in [3.63, 3.8) is 0 Å². The van der Waals surface area contributed by atoms with Crippen LogP contribution >= 0.6 is 0 Å². The Morgan fingerprint density at radius 3 is 2.58 bits per heavy atom. The van der Waals surface area contributed by atoms with E-state index in [-0.39, 0.29) is 17.2 Å². The summed E-state index contributed by atoms with van der Waals surface area (Å²) in [5, 5.41) is 20.8. The van der Waals surface area contributed by atoms with E-state index < -0.39 is 24.3 Å². The maximum Gasteiger partial charge on any atom is 0.331 e. The van der Waals surface area contributed by atoms with Crippen molar-refractivity contribution in [1.82, 2.24) is 0 Å². The van der Waals surface area contributed by atoms with Crippen molar-refractivity contribution < 1.29 is 28.9 Å². The molecule has 0 spiro atoms. The zero-order valence-corrected chi connectivity index (χ0v) is 12.4. The molecule has 2 aromatic rings. The Balaban J connectivity index is 1.84. The zero-order chi connectivity index (χ0) is 17.5. The van der Waals surface area contributed by atoms with Gasteiger partial charge in [-0.15, -0.1) is 0 Å². The molecular weight excluding hydrogens is 317 g/mol. The van der Waals surface area contributed by atoms with Gasteiger partial charge in [0, 0.05) is 6.08 Å². The fourth-order valence-electron chi connectivity index (χ4n) is 1.74. The second kappa shape index (κ2) is 7.77. The molecule has 0 aliphatic rings. The van der Waals surface area contributed by atoms with E-state index in [1.807, 2.05) is 0 Å². The van der Waals surface area contributed by atoms with Gasteiger partial charge in [-0.2, -0.15) is 0 Å². The molecule has 3 N–H and O–H groups in total. The van der Waals surface area contributed by atoms with Crippen molar-refractivity contribution in [2.24, 2.45) is 0 Å². The summed E-state index contributed by atoms with van der Waals surface area (Å²) in [5.41, 5.74) is 0.451. The molecular formula is C17H14FNO5. The van der Waals surface area contributed by atoms with Gasteiger partial charge in [0.25, 0.3) is 5.91 Å². The fraction of sp³-hybridized carbons (Fsp3) is 0.0588. The van der Waals surface area contributed by atoms with E-state index in [0.717, 1.165) is 6.08 Å². The number of esters is 1. The number of phenolic OH excluding ortho intramolecular Hbond substituents is 2. The number of carbonyl (C=O) groups excluding carboxylic acids is 2. The van der Waals surface area contributed by atoms with Crippen LogP contribution < -0.4 is 5.32 Å². The smallest absolute Gasteiger partial charge is 0.331 e. The first kappa shape index (κ1) is 17.0. The predicted molar refractivity (Wildman–Crippen MR) is 84.8 cm³/mol. The van der Waals surface area contributed by atoms with Crippen molar-refractivity contribution in [2.45, 2.75) is 0 Å². The summed E-state index contributed by atoms with van der Waals surface area (Å²) in [6, 6.07) is 9.61. The lowest BCUT2D eigenvalue weighted by Gasteiger charge is -2.06. The largest absolute Gasteiger partial charge is 0.504 e. The molecule has 0 saturated carbocycles. The third-order valence-corrected chi connectivity index (χ3v) is 2.90. The van der Waals surface area contributed by atoms with Crippen LogP contribution in [0.3, 0.4) is 0 Å². The second-order valence-corrected chi connectivity index (χ2v) is 4.72. The number of halogens is 1. The van der Waals surface area contributed by atoms with Crippen molar-refractivity contribution in [3.05, 3.63) is 59.9 Å². The Labute approximate surface area is 136 Å². The van der Waals surface area contributed by atoms with E-state index in [9.17, 15) is 24.2 Å². The molecule has 6 nitrogen and oxygen atoms in total. The Bertz CT molecular complexity index is 788. The molecule has 0 saturated heterocycles. The number of aromatic hydroxyl groups is 2. The number of phenols is 2. The number of rotatable bonds is 5. The summed E-state index contributed by atoms with van der Waals surface area (Å²) in [6.07, 6.45) is 2.40. The van der Waals surface area contributed by atoms with Crippen LogP contribution in [0, 0.1) is 5.82 Å². The van der Waals surface area contributed by atoms with E-state index in [2.05, 4.69) is 5.32 Å². The van der Waals surface area contributed by atoms with Crippen molar-refractivity contribution in [3.8, 4) is 11.5 Å². The summed E-state index contributed by atoms with van der Waals surface area (Å²) in [7, 11) is 0. The van der Waals surface area contributed by atoms with Crippen LogP contribution in [0.25, 0.3) is 6.08 Å². The second-order valence-electron chi connectivity index (χ2n) is 4.72. The van der Waals surface area contributed by atoms with Crippen LogP contribution in [0.1, 0.15) is 5.56 Å². The average Bonchev–Trinajstić information content (AvgIpc) is 2.56. The molecule has 0 atom stereocenters. The number of ether oxygens (including phenoxy) is 1. The maximum atomic E-state index is 13.3. The topological polar surface area (TPSA) is 95.9 Å². The number of hydrogen-bond acceptors (Lipinski definition) is 5. The number of nitrogens with one attached hydrogen (secondary N) is 1. The third kappa shape index (κ3) is 4.84. The standard InChI is InChI=1S/C17H14FNO5/c18-12-3-1-2-4-13(12)19-16(22)10-24-17(23)8-6-11-5-7-14(20)15(21)9-11/h1-9,20-21H,10H2,(H,19,22). The molecule has 0 aromatic heterocycles. The van der Waals surface area contributed by atoms with Crippen LogP contribution in [-0.2, 0) is 14.3 Å². The van der Waals surface area contributed by atoms with Crippen molar-refractivity contribution in [1.29, 1.82) is 0 Å². The Kier molecular flexibility index (Phi) is 5.51. The average molecular weight is 331 g/mol. The SMILES string of the molecule is O=C(COC(=O)C=Cc1ccc(O)c(O)c1)Nc1ccccc1F. The van der Waals surface area contributed by atoms with Gasteiger partial charge < -0.3 is 20.3 Å². The van der Waals surface area contributed by atoms with Gasteiger partial charge in [0.2, 0.25) is 0 Å². The first-order chi connectivity index (χ1) is 11.5. The highest BCUT2D eigenvalue weighted by atomic mass is 19.1. The van der Waals surface area contributed by atoms with Crippen LogP contribution in [-0.4, -0.2) is 28.7 Å². The Morgan fingerprint density at radius 2 is 1.88 bits per heavy atom. The van der Waals surface area contributed by atoms with Crippen LogP contribution in [0.5, 0.6) is 11.5 Å². The summed E-state index contributed by atoms with van der Waals surface area (Å²) in [6.45, 7) is -0.571. The van der Waals surface area contributed by atoms with Crippen molar-refractivity contribution in [2.75, 3.05) is 11.9 Å². The quantitative estimate of drug-likeness (QED) is 0.444. The minimum Gasteiger partial charge on any atom is -0.504 e. The summed E-state index contributed by atoms with van der Waals surface area (Å²) in [4.78, 5) is 23.1. The lowest BCUT2D eigenvalue weighted by atomic mass is 10.2. The number of amides is 1. The third-order valence-electron chi connectivity index (χ3n) is 2.90. The summed E-state index contributed by atoms with van der Waals surface area (Å²) >= 11 is 0. The Hall–Kier alpha value is -3.35. The molecule has 0 heterocycles. The first-order valence-corrected chi connectivity index (χ1v) is 6.87.